The highest BCUT2D eigenvalue weighted by Gasteiger charge is 2.18. The molecule has 174 valence electrons. The highest BCUT2D eigenvalue weighted by atomic mass is 127. The van der Waals surface area contributed by atoms with Gasteiger partial charge in [0.1, 0.15) is 0 Å². The van der Waals surface area contributed by atoms with Gasteiger partial charge < -0.3 is 19.6 Å². The molecular weight excluding hydrogens is 598 g/mol. The maximum atomic E-state index is 2.63. The molecule has 2 atom stereocenters. The first-order valence-corrected chi connectivity index (χ1v) is 14.8. The van der Waals surface area contributed by atoms with E-state index < -0.39 is 0 Å². The van der Waals surface area contributed by atoms with E-state index in [-0.39, 0.29) is 0 Å². The van der Waals surface area contributed by atoms with E-state index in [2.05, 4.69) is 103 Å². The molecule has 0 bridgehead atoms. The molecule has 4 nitrogen and oxygen atoms in total. The van der Waals surface area contributed by atoms with Gasteiger partial charge in [0.2, 0.25) is 0 Å². The Morgan fingerprint density at radius 3 is 1.33 bits per heavy atom. The maximum Gasteiger partial charge on any atom is 0.0903 e. The van der Waals surface area contributed by atoms with Crippen LogP contribution < -0.4 is 0 Å². The van der Waals surface area contributed by atoms with Crippen molar-refractivity contribution < 1.29 is 0 Å². The summed E-state index contributed by atoms with van der Waals surface area (Å²) in [5.41, 5.74) is 0. The van der Waals surface area contributed by atoms with Crippen molar-refractivity contribution in [2.75, 3.05) is 26.4 Å². The smallest absolute Gasteiger partial charge is 0.0903 e. The van der Waals surface area contributed by atoms with Gasteiger partial charge in [0, 0.05) is 37.9 Å². The molecule has 6 heteroatoms. The van der Waals surface area contributed by atoms with Gasteiger partial charge in [0.15, 0.2) is 0 Å². The van der Waals surface area contributed by atoms with Crippen molar-refractivity contribution in [1.82, 2.24) is 19.6 Å². The van der Waals surface area contributed by atoms with E-state index in [0.717, 1.165) is 13.3 Å². The largest absolute Gasteiger partial charge is 0.359 e. The fourth-order valence-electron chi connectivity index (χ4n) is 4.21. The van der Waals surface area contributed by atoms with Crippen LogP contribution in [0.2, 0.25) is 0 Å². The van der Waals surface area contributed by atoms with Gasteiger partial charge in [0.05, 0.1) is 21.4 Å². The predicted molar refractivity (Wildman–Crippen MR) is 147 cm³/mol. The molecule has 0 aromatic heterocycles. The molecule has 30 heavy (non-hydrogen) atoms. The van der Waals surface area contributed by atoms with Gasteiger partial charge in [-0.25, -0.2) is 0 Å². The Balaban J connectivity index is 1.37. The Morgan fingerprint density at radius 2 is 0.967 bits per heavy atom. The zero-order valence-electron chi connectivity index (χ0n) is 19.3. The quantitative estimate of drug-likeness (QED) is 0.0714. The van der Waals surface area contributed by atoms with Crippen molar-refractivity contribution in [3.05, 3.63) is 24.8 Å². The molecular formula is C24H44I2N4. The van der Waals surface area contributed by atoms with Gasteiger partial charge in [-0.2, -0.15) is 0 Å². The molecule has 0 aromatic carbocycles. The van der Waals surface area contributed by atoms with Gasteiger partial charge in [-0.15, -0.1) is 0 Å². The predicted octanol–water partition coefficient (Wildman–Crippen LogP) is 7.32. The molecule has 0 saturated heterocycles. The van der Waals surface area contributed by atoms with Crippen molar-refractivity contribution in [1.29, 1.82) is 0 Å². The summed E-state index contributed by atoms with van der Waals surface area (Å²) in [5, 5.41) is 0. The number of hydrogen-bond donors (Lipinski definition) is 0. The molecule has 0 aliphatic carbocycles. The van der Waals surface area contributed by atoms with E-state index in [0.29, 0.717) is 8.10 Å². The molecule has 0 spiro atoms. The summed E-state index contributed by atoms with van der Waals surface area (Å²) in [6.45, 7) is 9.05. The summed E-state index contributed by atoms with van der Waals surface area (Å²) < 4.78 is 1.31. The van der Waals surface area contributed by atoms with E-state index in [1.807, 2.05) is 0 Å². The Hall–Kier alpha value is 0.140. The van der Waals surface area contributed by atoms with Crippen molar-refractivity contribution >= 4 is 45.2 Å². The van der Waals surface area contributed by atoms with Gasteiger partial charge in [-0.1, -0.05) is 110 Å². The SMILES string of the molecule is CCCN1C=CN(C(I)CCCCCCCCCCC(I)N2C=CN(CCC)C2)C1. The average Bonchev–Trinajstić information content (AvgIpc) is 3.39. The Kier molecular flexibility index (Phi) is 14.0. The first kappa shape index (κ1) is 26.4. The Bertz CT molecular complexity index is 456. The third kappa shape index (κ3) is 10.2. The van der Waals surface area contributed by atoms with Crippen LogP contribution >= 0.6 is 45.2 Å². The normalized spacial score (nSPS) is 18.1. The molecule has 2 aliphatic heterocycles. The van der Waals surface area contributed by atoms with Crippen LogP contribution in [0.4, 0.5) is 0 Å². The van der Waals surface area contributed by atoms with Crippen LogP contribution in [0.5, 0.6) is 0 Å². The minimum absolute atomic E-state index is 0.654. The van der Waals surface area contributed by atoms with Crippen LogP contribution in [0.15, 0.2) is 24.8 Å². The average molecular weight is 642 g/mol. The zero-order chi connectivity index (χ0) is 21.6. The van der Waals surface area contributed by atoms with E-state index >= 15 is 0 Å². The van der Waals surface area contributed by atoms with E-state index in [9.17, 15) is 0 Å². The van der Waals surface area contributed by atoms with E-state index in [1.165, 1.54) is 90.1 Å². The van der Waals surface area contributed by atoms with Crippen LogP contribution in [0.25, 0.3) is 0 Å². The zero-order valence-corrected chi connectivity index (χ0v) is 23.6. The number of halogens is 2. The minimum Gasteiger partial charge on any atom is -0.359 e. The summed E-state index contributed by atoms with van der Waals surface area (Å²) >= 11 is 5.25. The second-order valence-corrected chi connectivity index (χ2v) is 11.7. The van der Waals surface area contributed by atoms with Gasteiger partial charge in [0.25, 0.3) is 0 Å². The third-order valence-electron chi connectivity index (χ3n) is 6.00. The Morgan fingerprint density at radius 1 is 0.600 bits per heavy atom. The lowest BCUT2D eigenvalue weighted by atomic mass is 10.1. The molecule has 0 aromatic rings. The number of hydrogen-bond acceptors (Lipinski definition) is 4. The fourth-order valence-corrected chi connectivity index (χ4v) is 5.82. The van der Waals surface area contributed by atoms with Gasteiger partial charge >= 0.3 is 0 Å². The molecule has 2 rings (SSSR count). The highest BCUT2D eigenvalue weighted by molar-refractivity contribution is 14.1. The molecule has 0 radical (unpaired) electrons. The molecule has 0 saturated carbocycles. The summed E-state index contributed by atoms with van der Waals surface area (Å²) in [7, 11) is 0. The summed E-state index contributed by atoms with van der Waals surface area (Å²) in [5.74, 6) is 0. The lowest BCUT2D eigenvalue weighted by Crippen LogP contribution is -2.30. The monoisotopic (exact) mass is 642 g/mol. The summed E-state index contributed by atoms with van der Waals surface area (Å²) in [6, 6.07) is 0. The molecule has 0 N–H and O–H groups in total. The minimum atomic E-state index is 0.654. The third-order valence-corrected chi connectivity index (χ3v) is 8.68. The fraction of sp³-hybridized carbons (Fsp3) is 0.833. The number of unbranched alkanes of at least 4 members (excludes halogenated alkanes) is 7. The van der Waals surface area contributed by atoms with Crippen LogP contribution in [-0.4, -0.2) is 54.1 Å². The number of alkyl halides is 2. The van der Waals surface area contributed by atoms with Crippen LogP contribution in [0, 0.1) is 0 Å². The summed E-state index contributed by atoms with van der Waals surface area (Å²) in [6.07, 6.45) is 25.5. The van der Waals surface area contributed by atoms with Crippen molar-refractivity contribution in [2.24, 2.45) is 0 Å². The van der Waals surface area contributed by atoms with E-state index in [4.69, 9.17) is 0 Å². The standard InChI is InChI=1S/C24H44I2N4/c1-3-15-27-17-19-29(21-27)23(25)13-11-9-7-5-6-8-10-12-14-24(26)30-20-18-28(22-30)16-4-2/h17-20,23-24H,3-16,21-22H2,1-2H3. The van der Waals surface area contributed by atoms with Crippen molar-refractivity contribution in [3.8, 4) is 0 Å². The lowest BCUT2D eigenvalue weighted by Gasteiger charge is -2.25. The first-order chi connectivity index (χ1) is 14.6. The Labute approximate surface area is 213 Å². The van der Waals surface area contributed by atoms with E-state index in [1.54, 1.807) is 0 Å². The second kappa shape index (κ2) is 15.9. The molecule has 0 amide bonds. The van der Waals surface area contributed by atoms with Crippen LogP contribution in [-0.2, 0) is 0 Å². The number of rotatable bonds is 17. The molecule has 2 heterocycles. The first-order valence-electron chi connectivity index (χ1n) is 12.3. The summed E-state index contributed by atoms with van der Waals surface area (Å²) in [4.78, 5) is 9.84. The maximum absolute atomic E-state index is 2.63. The van der Waals surface area contributed by atoms with Gasteiger partial charge in [-0.3, -0.25) is 0 Å². The molecule has 0 fully saturated rings. The highest BCUT2D eigenvalue weighted by Crippen LogP contribution is 2.23. The topological polar surface area (TPSA) is 13.0 Å². The van der Waals surface area contributed by atoms with Crippen molar-refractivity contribution in [3.63, 3.8) is 0 Å². The van der Waals surface area contributed by atoms with Crippen molar-refractivity contribution in [2.45, 2.75) is 99.0 Å². The molecule has 2 aliphatic rings. The molecule has 2 unspecified atom stereocenters. The number of nitrogens with zero attached hydrogens (tertiary/aromatic N) is 4. The lowest BCUT2D eigenvalue weighted by molar-refractivity contribution is 0.252. The van der Waals surface area contributed by atoms with Gasteiger partial charge in [-0.05, 0) is 25.7 Å². The van der Waals surface area contributed by atoms with Crippen LogP contribution in [0.3, 0.4) is 0 Å². The van der Waals surface area contributed by atoms with Crippen LogP contribution in [0.1, 0.15) is 90.9 Å². The second-order valence-electron chi connectivity index (χ2n) is 8.81.